The summed E-state index contributed by atoms with van der Waals surface area (Å²) in [6.07, 6.45) is -10.5. The van der Waals surface area contributed by atoms with Crippen LogP contribution < -0.4 is 35.3 Å². The summed E-state index contributed by atoms with van der Waals surface area (Å²) in [5.41, 5.74) is 0.841. The fourth-order valence-corrected chi connectivity index (χ4v) is 9.74. The molecule has 1 spiro atoms. The fraction of sp³-hybridized carbons (Fsp3) is 0.531. The van der Waals surface area contributed by atoms with Gasteiger partial charge in [-0.15, -0.1) is 0 Å². The summed E-state index contributed by atoms with van der Waals surface area (Å²) in [5.74, 6) is -1.39. The number of carbonyl (C=O) groups excluding carboxylic acids is 1. The maximum absolute atomic E-state index is 14.1. The third kappa shape index (κ3) is 9.90. The number of carboxylic acids is 1. The number of carboxylic acid groups (broad SMARTS) is 1. The summed E-state index contributed by atoms with van der Waals surface area (Å²) < 4.78 is 35.9. The molecule has 21 heteroatoms. The van der Waals surface area contributed by atoms with Gasteiger partial charge < -0.3 is 90.7 Å². The van der Waals surface area contributed by atoms with Gasteiger partial charge in [-0.3, -0.25) is 0 Å². The van der Waals surface area contributed by atoms with Crippen LogP contribution in [0, 0.1) is 29.6 Å². The molecule has 0 unspecified atom stereocenters. The second-order valence-electron chi connectivity index (χ2n) is 18.3. The minimum absolute atomic E-state index is 0.0161. The maximum Gasteiger partial charge on any atom is 0.344 e. The van der Waals surface area contributed by atoms with Gasteiger partial charge in [-0.2, -0.15) is 0 Å². The van der Waals surface area contributed by atoms with Crippen molar-refractivity contribution < 1.29 is 84.0 Å². The number of rotatable bonds is 15. The number of anilines is 1. The average molecular weight is 979 g/mol. The van der Waals surface area contributed by atoms with Crippen molar-refractivity contribution in [3.63, 3.8) is 0 Å². The van der Waals surface area contributed by atoms with Gasteiger partial charge in [0.15, 0.2) is 41.3 Å². The molecule has 0 radical (unpaired) electrons. The lowest BCUT2D eigenvalue weighted by atomic mass is 9.71. The van der Waals surface area contributed by atoms with Crippen LogP contribution in [-0.4, -0.2) is 146 Å². The Kier molecular flexibility index (Phi) is 15.8. The maximum atomic E-state index is 14.1. The van der Waals surface area contributed by atoms with E-state index in [9.17, 15) is 50.4 Å². The van der Waals surface area contributed by atoms with Crippen molar-refractivity contribution in [1.82, 2.24) is 5.32 Å². The third-order valence-corrected chi connectivity index (χ3v) is 13.5. The van der Waals surface area contributed by atoms with Gasteiger partial charge in [0.25, 0.3) is 0 Å². The number of methoxy groups -OCH3 is 1. The van der Waals surface area contributed by atoms with Gasteiger partial charge in [0.1, 0.15) is 23.4 Å². The van der Waals surface area contributed by atoms with Crippen molar-refractivity contribution in [2.75, 3.05) is 38.9 Å². The predicted octanol–water partition coefficient (Wildman–Crippen LogP) is 1.50. The number of benzene rings is 3. The summed E-state index contributed by atoms with van der Waals surface area (Å²) in [6, 6.07) is 9.74. The Morgan fingerprint density at radius 2 is 1.81 bits per heavy atom. The first kappa shape index (κ1) is 51.6. The smallest absolute Gasteiger partial charge is 0.344 e. The normalized spacial score (nSPS) is 27.6. The minimum atomic E-state index is -2.75. The monoisotopic (exact) mass is 978 g/mol. The Labute approximate surface area is 403 Å². The van der Waals surface area contributed by atoms with Gasteiger partial charge in [0.05, 0.1) is 31.1 Å². The molecule has 0 amide bonds. The standard InChI is InChI=1S/C49H62N4O17/c1-24(2)35(55)32-25(3)53-34-29-21-27(32)13-10-16-48(64)41(58)44(68-38(29)31(22-30(34)42(59)60)67-23-52-47(50)51-18-8-9-19-54)70-49(45(48)62)17-14-28-33(43(61)69-46(49)63)36(56)40(37(57)39(28)65-4)66-20-15-26-11-6-5-7-12-26/h5-7,11-12,22,24-25,27,32,35,41,44-46,53-58,62-64H,8-9,14-21,23H2,1-4H3,(H,59,60)(H3,50,51,52)/t25-,27-,32-,35-,41+,44-,45+,46-,48-,49+/m1/s1. The molecule has 380 valence electrons. The first-order valence-electron chi connectivity index (χ1n) is 23.1. The van der Waals surface area contributed by atoms with Crippen molar-refractivity contribution in [3.05, 3.63) is 64.2 Å². The van der Waals surface area contributed by atoms with Crippen LogP contribution in [0.15, 0.2) is 41.4 Å². The van der Waals surface area contributed by atoms with Crippen molar-refractivity contribution in [1.29, 1.82) is 0 Å². The molecule has 3 aromatic carbocycles. The summed E-state index contributed by atoms with van der Waals surface area (Å²) in [7, 11) is 1.19. The molecule has 0 saturated carbocycles. The van der Waals surface area contributed by atoms with E-state index in [1.807, 2.05) is 44.2 Å². The number of hydrogen-bond acceptors (Lipinski definition) is 18. The van der Waals surface area contributed by atoms with Gasteiger partial charge in [-0.05, 0) is 50.5 Å². The van der Waals surface area contributed by atoms with Crippen LogP contribution in [0.3, 0.4) is 0 Å². The Hall–Kier alpha value is -6.25. The number of ether oxygens (including phenoxy) is 6. The van der Waals surface area contributed by atoms with E-state index in [2.05, 4.69) is 27.5 Å². The number of aliphatic hydroxyl groups excluding tert-OH is 5. The van der Waals surface area contributed by atoms with Crippen molar-refractivity contribution in [2.45, 2.75) is 114 Å². The van der Waals surface area contributed by atoms with Crippen LogP contribution >= 0.6 is 0 Å². The molecule has 0 aromatic heterocycles. The van der Waals surface area contributed by atoms with Crippen molar-refractivity contribution in [2.24, 2.45) is 28.5 Å². The van der Waals surface area contributed by atoms with Crippen LogP contribution in [0.2, 0.25) is 0 Å². The highest BCUT2D eigenvalue weighted by atomic mass is 16.7. The topological polar surface area (TPSA) is 334 Å². The SMILES string of the molecule is COc1c(O)c(OCCc2ccccc2)c(O)c2c1CC[C@@]1(O[C@H]3Oc4c(OCN=C(N)NCCCCO)cc(C(=O)O)c5c4C[C@@H](C#CC[C@@](O)([C@H]3O)[C@@H]1O)[C@H]([C@H](O)C(C)C)[C@@H](C)N5)[C@H](O)OC2=O. The van der Waals surface area contributed by atoms with Gasteiger partial charge >= 0.3 is 11.9 Å². The molecule has 0 aliphatic carbocycles. The van der Waals surface area contributed by atoms with E-state index < -0.39 is 121 Å². The summed E-state index contributed by atoms with van der Waals surface area (Å²) in [5, 5.41) is 110. The molecule has 3 aromatic rings. The summed E-state index contributed by atoms with van der Waals surface area (Å²) >= 11 is 0. The number of aromatic carboxylic acids is 1. The van der Waals surface area contributed by atoms with Crippen LogP contribution in [0.4, 0.5) is 5.69 Å². The number of phenols is 2. The zero-order chi connectivity index (χ0) is 50.7. The number of aromatic hydroxyl groups is 2. The lowest BCUT2D eigenvalue weighted by Gasteiger charge is -2.54. The van der Waals surface area contributed by atoms with Crippen LogP contribution in [0.1, 0.15) is 83.9 Å². The number of guanidine groups is 1. The zero-order valence-electron chi connectivity index (χ0n) is 39.3. The van der Waals surface area contributed by atoms with E-state index in [4.69, 9.17) is 39.3 Å². The number of nitrogens with one attached hydrogen (secondary N) is 2. The Morgan fingerprint density at radius 1 is 1.07 bits per heavy atom. The molecule has 4 heterocycles. The van der Waals surface area contributed by atoms with Gasteiger partial charge in [0.2, 0.25) is 24.1 Å². The number of unbranched alkanes of at least 4 members (excludes halogenated alkanes) is 1. The molecular formula is C49H62N4O17. The molecule has 4 aliphatic heterocycles. The highest BCUT2D eigenvalue weighted by Crippen LogP contribution is 2.53. The van der Waals surface area contributed by atoms with Crippen LogP contribution in [-0.2, 0) is 28.7 Å². The van der Waals surface area contributed by atoms with Gasteiger partial charge in [-0.1, -0.05) is 56.0 Å². The molecule has 10 atom stereocenters. The summed E-state index contributed by atoms with van der Waals surface area (Å²) in [6.45, 7) is 5.19. The molecule has 1 saturated heterocycles. The fourth-order valence-electron chi connectivity index (χ4n) is 9.74. The predicted molar refractivity (Wildman–Crippen MR) is 249 cm³/mol. The number of aliphatic hydroxyl groups is 6. The number of carbonyl (C=O) groups is 2. The highest BCUT2D eigenvalue weighted by Gasteiger charge is 2.66. The molecule has 13 N–H and O–H groups in total. The largest absolute Gasteiger partial charge is 0.504 e. The summed E-state index contributed by atoms with van der Waals surface area (Å²) in [4.78, 5) is 31.4. The first-order chi connectivity index (χ1) is 33.4. The van der Waals surface area contributed by atoms with Gasteiger partial charge in [-0.25, -0.2) is 14.6 Å². The molecule has 7 rings (SSSR count). The zero-order valence-corrected chi connectivity index (χ0v) is 39.3. The van der Waals surface area contributed by atoms with E-state index in [1.54, 1.807) is 6.92 Å². The number of phenolic OH excluding ortho intramolecular Hbond substituents is 2. The number of nitrogens with two attached hydrogens (primary N) is 1. The van der Waals surface area contributed by atoms with Gasteiger partial charge in [0, 0.05) is 61.1 Å². The molecule has 4 aliphatic rings. The number of cyclic esters (lactones) is 1. The van der Waals surface area contributed by atoms with E-state index in [0.29, 0.717) is 25.8 Å². The number of esters is 1. The van der Waals surface area contributed by atoms with Crippen LogP contribution in [0.5, 0.6) is 34.5 Å². The minimum Gasteiger partial charge on any atom is -0.504 e. The lowest BCUT2D eigenvalue weighted by Crippen LogP contribution is -2.75. The van der Waals surface area contributed by atoms with E-state index in [-0.39, 0.29) is 71.1 Å². The van der Waals surface area contributed by atoms with Crippen molar-refractivity contribution in [3.8, 4) is 46.3 Å². The Bertz CT molecular complexity index is 2500. The number of aliphatic imine (C=N–C) groups is 1. The highest BCUT2D eigenvalue weighted by molar-refractivity contribution is 5.98. The van der Waals surface area contributed by atoms with E-state index in [1.165, 1.54) is 7.11 Å². The Balaban J connectivity index is 1.33. The molecule has 1 fully saturated rings. The molecular weight excluding hydrogens is 917 g/mol. The van der Waals surface area contributed by atoms with Crippen molar-refractivity contribution >= 4 is 23.6 Å². The molecule has 70 heavy (non-hydrogen) atoms. The Morgan fingerprint density at radius 3 is 2.50 bits per heavy atom. The molecule has 4 bridgehead atoms. The number of fused-ring (bicyclic) bond motifs is 4. The average Bonchev–Trinajstić information content (AvgIpc) is 3.47. The molecule has 21 nitrogen and oxygen atoms in total. The van der Waals surface area contributed by atoms with Crippen LogP contribution in [0.25, 0.3) is 0 Å². The third-order valence-electron chi connectivity index (χ3n) is 13.5. The van der Waals surface area contributed by atoms with E-state index >= 15 is 0 Å². The number of hydrogen-bond donors (Lipinski definition) is 12. The lowest BCUT2D eigenvalue weighted by molar-refractivity contribution is -0.381. The second-order valence-corrected chi connectivity index (χ2v) is 18.3. The second kappa shape index (κ2) is 21.4. The quantitative estimate of drug-likeness (QED) is 0.0337. The van der Waals surface area contributed by atoms with E-state index in [0.717, 1.165) is 11.6 Å². The number of nitrogens with zero attached hydrogens (tertiary/aromatic N) is 1. The first-order valence-corrected chi connectivity index (χ1v) is 23.1.